The van der Waals surface area contributed by atoms with Crippen LogP contribution in [0, 0.1) is 5.14 Å². The van der Waals surface area contributed by atoms with E-state index >= 15 is 13.7 Å². The molecule has 6 heteroatoms. The van der Waals surface area contributed by atoms with Crippen molar-refractivity contribution in [2.75, 3.05) is 0 Å². The molecule has 0 amide bonds. The lowest BCUT2D eigenvalue weighted by atomic mass is 9.99. The predicted molar refractivity (Wildman–Crippen MR) is 187 cm³/mol. The largest absolute Gasteiger partial charge is 0.356 e. The molecule has 0 atom stereocenters. The Hall–Kier alpha value is 0.690. The molecule has 43 heavy (non-hydrogen) atoms. The van der Waals surface area contributed by atoms with Crippen molar-refractivity contribution < 1.29 is 13.7 Å². The Balaban J connectivity index is 1.60. The standard InChI is InChI=1S/C37H66O3P3/c38-41(31-19-7-1-8-20-31,32-21-9-2-10-22-32)37(42(39,33-23-11-3-12-24-33)34-25-13-4-14-26-34)43(40,35-27-15-5-16-28-35)36-29-17-6-18-30-36/h31-36H,1-30H2/q-1. The fourth-order valence-corrected chi connectivity index (χ4v) is 33.7. The van der Waals surface area contributed by atoms with Crippen molar-refractivity contribution in [2.24, 2.45) is 0 Å². The van der Waals surface area contributed by atoms with Crippen molar-refractivity contribution in [3.8, 4) is 0 Å². The van der Waals surface area contributed by atoms with E-state index in [1.165, 1.54) is 116 Å². The van der Waals surface area contributed by atoms with Gasteiger partial charge in [-0.15, -0.1) is 5.14 Å². The molecule has 6 aliphatic rings. The van der Waals surface area contributed by atoms with Gasteiger partial charge in [0.25, 0.3) is 0 Å². The van der Waals surface area contributed by atoms with Crippen LogP contribution in [-0.4, -0.2) is 34.0 Å². The first-order valence-electron chi connectivity index (χ1n) is 19.7. The van der Waals surface area contributed by atoms with Gasteiger partial charge in [-0.05, 0) is 132 Å². The van der Waals surface area contributed by atoms with Gasteiger partial charge in [0.15, 0.2) is 0 Å². The van der Waals surface area contributed by atoms with Crippen LogP contribution in [0.2, 0.25) is 0 Å². The van der Waals surface area contributed by atoms with Gasteiger partial charge in [-0.2, -0.15) is 0 Å². The first-order valence-corrected chi connectivity index (χ1v) is 25.2. The maximum atomic E-state index is 17.1. The third-order valence-corrected chi connectivity index (χ3v) is 30.8. The van der Waals surface area contributed by atoms with E-state index in [9.17, 15) is 0 Å². The summed E-state index contributed by atoms with van der Waals surface area (Å²) in [4.78, 5) is 0. The zero-order chi connectivity index (χ0) is 29.8. The van der Waals surface area contributed by atoms with E-state index < -0.39 is 21.4 Å². The summed E-state index contributed by atoms with van der Waals surface area (Å²) in [7, 11) is -9.30. The van der Waals surface area contributed by atoms with Crippen molar-refractivity contribution in [2.45, 2.75) is 227 Å². The molecule has 0 spiro atoms. The summed E-state index contributed by atoms with van der Waals surface area (Å²) in [5.41, 5.74) is 1.00. The van der Waals surface area contributed by atoms with Gasteiger partial charge >= 0.3 is 0 Å². The Kier molecular flexibility index (Phi) is 11.9. The molecule has 248 valence electrons. The van der Waals surface area contributed by atoms with Crippen molar-refractivity contribution in [1.82, 2.24) is 0 Å². The van der Waals surface area contributed by atoms with E-state index in [0.29, 0.717) is 0 Å². The van der Waals surface area contributed by atoms with Gasteiger partial charge < -0.3 is 13.7 Å². The normalized spacial score (nSPS) is 28.4. The molecule has 0 aromatic carbocycles. The highest BCUT2D eigenvalue weighted by Crippen LogP contribution is 2.96. The van der Waals surface area contributed by atoms with Crippen LogP contribution >= 0.6 is 21.4 Å². The second kappa shape index (κ2) is 15.3. The average Bonchev–Trinajstić information content (AvgIpc) is 3.10. The molecule has 6 aliphatic carbocycles. The van der Waals surface area contributed by atoms with Crippen LogP contribution in [0.15, 0.2) is 0 Å². The second-order valence-corrected chi connectivity index (χ2v) is 27.2. The molecule has 6 fully saturated rings. The summed E-state index contributed by atoms with van der Waals surface area (Å²) in [6.07, 6.45) is 34.1. The van der Waals surface area contributed by atoms with Gasteiger partial charge in [-0.25, -0.2) is 0 Å². The zero-order valence-corrected chi connectivity index (χ0v) is 30.4. The first-order chi connectivity index (χ1) is 21.0. The van der Waals surface area contributed by atoms with Gasteiger partial charge in [-0.1, -0.05) is 116 Å². The molecule has 0 aromatic heterocycles. The van der Waals surface area contributed by atoms with E-state index in [1.54, 1.807) is 0 Å². The molecule has 0 bridgehead atoms. The van der Waals surface area contributed by atoms with E-state index in [1.807, 2.05) is 0 Å². The quantitative estimate of drug-likeness (QED) is 0.184. The minimum Gasteiger partial charge on any atom is -0.356 e. The molecular formula is C37H66O3P3-. The van der Waals surface area contributed by atoms with E-state index in [0.717, 1.165) is 82.2 Å². The Morgan fingerprint density at radius 2 is 0.395 bits per heavy atom. The molecule has 0 aliphatic heterocycles. The van der Waals surface area contributed by atoms with Crippen molar-refractivity contribution in [3.05, 3.63) is 5.14 Å². The highest BCUT2D eigenvalue weighted by Gasteiger charge is 2.57. The highest BCUT2D eigenvalue weighted by molar-refractivity contribution is 8.03. The Morgan fingerprint density at radius 1 is 0.256 bits per heavy atom. The average molecular weight is 652 g/mol. The number of hydrogen-bond acceptors (Lipinski definition) is 3. The van der Waals surface area contributed by atoms with E-state index in [-0.39, 0.29) is 34.0 Å². The number of rotatable bonds is 9. The van der Waals surface area contributed by atoms with E-state index in [2.05, 4.69) is 0 Å². The Bertz CT molecular complexity index is 810. The van der Waals surface area contributed by atoms with Crippen LogP contribution in [0.1, 0.15) is 193 Å². The predicted octanol–water partition coefficient (Wildman–Crippen LogP) is 13.5. The van der Waals surface area contributed by atoms with E-state index in [4.69, 9.17) is 0 Å². The van der Waals surface area contributed by atoms with Crippen LogP contribution in [-0.2, 0) is 13.7 Å². The summed E-state index contributed by atoms with van der Waals surface area (Å²) in [5.74, 6) is 0. The van der Waals surface area contributed by atoms with Crippen LogP contribution in [0.4, 0.5) is 0 Å². The van der Waals surface area contributed by atoms with Gasteiger partial charge in [-0.3, -0.25) is 0 Å². The minimum atomic E-state index is -3.10. The maximum absolute atomic E-state index is 17.1. The lowest BCUT2D eigenvalue weighted by molar-refractivity contribution is 0.434. The van der Waals surface area contributed by atoms with Gasteiger partial charge in [0.05, 0.1) is 0 Å². The fraction of sp³-hybridized carbons (Fsp3) is 0.973. The summed E-state index contributed by atoms with van der Waals surface area (Å²) in [6, 6.07) is 0. The van der Waals surface area contributed by atoms with Crippen LogP contribution < -0.4 is 0 Å². The van der Waals surface area contributed by atoms with Crippen molar-refractivity contribution in [1.29, 1.82) is 0 Å². The molecule has 0 radical (unpaired) electrons. The molecule has 6 saturated carbocycles. The molecule has 0 unspecified atom stereocenters. The smallest absolute Gasteiger partial charge is 0.0124 e. The molecular weight excluding hydrogens is 585 g/mol. The Morgan fingerprint density at radius 3 is 0.535 bits per heavy atom. The third-order valence-electron chi connectivity index (χ3n) is 13.6. The fourth-order valence-electron chi connectivity index (χ4n) is 11.4. The van der Waals surface area contributed by atoms with Crippen LogP contribution in [0.5, 0.6) is 0 Å². The van der Waals surface area contributed by atoms with Crippen LogP contribution in [0.25, 0.3) is 0 Å². The van der Waals surface area contributed by atoms with Crippen molar-refractivity contribution in [3.63, 3.8) is 0 Å². The molecule has 0 N–H and O–H groups in total. The topological polar surface area (TPSA) is 51.2 Å². The Labute approximate surface area is 266 Å². The van der Waals surface area contributed by atoms with Gasteiger partial charge in [0.1, 0.15) is 0 Å². The summed E-state index contributed by atoms with van der Waals surface area (Å²) >= 11 is 0. The summed E-state index contributed by atoms with van der Waals surface area (Å²) in [5, 5.41) is 0.990. The van der Waals surface area contributed by atoms with Crippen molar-refractivity contribution >= 4 is 21.4 Å². The molecule has 0 saturated heterocycles. The lowest BCUT2D eigenvalue weighted by Gasteiger charge is -2.64. The summed E-state index contributed by atoms with van der Waals surface area (Å²) < 4.78 is 51.3. The minimum absolute atomic E-state index is 0.167. The van der Waals surface area contributed by atoms with Crippen LogP contribution in [0.3, 0.4) is 0 Å². The molecule has 0 heterocycles. The SMILES string of the molecule is O=P([C-](P(=O)(C1CCCCC1)C1CCCCC1)P(=O)(C1CCCCC1)C1CCCCC1)(C1CCCCC1)C1CCCCC1. The summed E-state index contributed by atoms with van der Waals surface area (Å²) in [6.45, 7) is 0. The van der Waals surface area contributed by atoms with Gasteiger partial charge in [0.2, 0.25) is 0 Å². The number of hydrogen-bond donors (Lipinski definition) is 0. The zero-order valence-electron chi connectivity index (χ0n) is 27.7. The highest BCUT2D eigenvalue weighted by atomic mass is 31.3. The van der Waals surface area contributed by atoms with Gasteiger partial charge in [0, 0.05) is 0 Å². The molecule has 3 nitrogen and oxygen atoms in total. The third kappa shape index (κ3) is 6.70. The first kappa shape index (κ1) is 33.6. The molecule has 0 aromatic rings. The second-order valence-electron chi connectivity index (χ2n) is 16.2. The monoisotopic (exact) mass is 651 g/mol. The maximum Gasteiger partial charge on any atom is -0.0124 e. The molecule has 6 rings (SSSR count). The lowest BCUT2D eigenvalue weighted by Crippen LogP contribution is -2.36.